The van der Waals surface area contributed by atoms with Crippen molar-refractivity contribution in [2.24, 2.45) is 0 Å². The van der Waals surface area contributed by atoms with Crippen LogP contribution in [0.1, 0.15) is 12.0 Å². The van der Waals surface area contributed by atoms with Crippen LogP contribution >= 0.6 is 23.4 Å². The summed E-state index contributed by atoms with van der Waals surface area (Å²) >= 11 is 7.54. The van der Waals surface area contributed by atoms with Crippen LogP contribution in [0.4, 0.5) is 0 Å². The zero-order valence-electron chi connectivity index (χ0n) is 11.3. The Kier molecular flexibility index (Phi) is 7.11. The number of hydrogen-bond acceptors (Lipinski definition) is 5. The molecule has 20 heavy (non-hydrogen) atoms. The standard InChI is InChI=1S/C12H18ClNO4S2/c1-18-12-9(8-15)6-10(13)7-11(12)20(16,17)14-4-3-5-19-2/h6-7,14-15H,3-5,8H2,1-2H3. The highest BCUT2D eigenvalue weighted by atomic mass is 35.5. The number of benzene rings is 1. The maximum atomic E-state index is 12.3. The fourth-order valence-corrected chi connectivity index (χ4v) is 3.72. The molecule has 5 nitrogen and oxygen atoms in total. The van der Waals surface area contributed by atoms with Crippen molar-refractivity contribution in [3.05, 3.63) is 22.7 Å². The smallest absolute Gasteiger partial charge is 0.244 e. The Labute approximate surface area is 128 Å². The van der Waals surface area contributed by atoms with Crippen molar-refractivity contribution in [2.45, 2.75) is 17.9 Å². The van der Waals surface area contributed by atoms with Gasteiger partial charge in [0.05, 0.1) is 13.7 Å². The van der Waals surface area contributed by atoms with Gasteiger partial charge in [-0.05, 0) is 30.6 Å². The van der Waals surface area contributed by atoms with Crippen LogP contribution in [0.25, 0.3) is 0 Å². The maximum Gasteiger partial charge on any atom is 0.244 e. The van der Waals surface area contributed by atoms with E-state index in [1.54, 1.807) is 11.8 Å². The van der Waals surface area contributed by atoms with Crippen LogP contribution in [0.2, 0.25) is 5.02 Å². The Balaban J connectivity index is 3.07. The van der Waals surface area contributed by atoms with Gasteiger partial charge in [0.1, 0.15) is 10.6 Å². The minimum absolute atomic E-state index is 0.0549. The molecule has 0 unspecified atom stereocenters. The average Bonchev–Trinajstić information content (AvgIpc) is 2.42. The fourth-order valence-electron chi connectivity index (χ4n) is 1.67. The van der Waals surface area contributed by atoms with E-state index in [0.717, 1.165) is 12.2 Å². The lowest BCUT2D eigenvalue weighted by Crippen LogP contribution is -2.26. The van der Waals surface area contributed by atoms with Crippen molar-refractivity contribution in [3.8, 4) is 5.75 Å². The van der Waals surface area contributed by atoms with Gasteiger partial charge >= 0.3 is 0 Å². The first-order chi connectivity index (χ1) is 9.46. The number of nitrogens with one attached hydrogen (secondary N) is 1. The fraction of sp³-hybridized carbons (Fsp3) is 0.500. The van der Waals surface area contributed by atoms with Crippen LogP contribution in [-0.4, -0.2) is 39.2 Å². The molecule has 1 aromatic rings. The molecule has 1 aromatic carbocycles. The minimum Gasteiger partial charge on any atom is -0.495 e. The number of hydrogen-bond donors (Lipinski definition) is 2. The second kappa shape index (κ2) is 8.09. The van der Waals surface area contributed by atoms with E-state index in [0.29, 0.717) is 12.1 Å². The van der Waals surface area contributed by atoms with E-state index in [4.69, 9.17) is 16.3 Å². The van der Waals surface area contributed by atoms with E-state index in [1.807, 2.05) is 6.26 Å². The summed E-state index contributed by atoms with van der Waals surface area (Å²) in [5.74, 6) is 0.992. The second-order valence-electron chi connectivity index (χ2n) is 4.00. The number of aliphatic hydroxyl groups excluding tert-OH is 1. The third-order valence-electron chi connectivity index (χ3n) is 2.58. The Morgan fingerprint density at radius 3 is 2.70 bits per heavy atom. The van der Waals surface area contributed by atoms with Crippen molar-refractivity contribution < 1.29 is 18.3 Å². The molecule has 0 atom stereocenters. The molecule has 1 rings (SSSR count). The van der Waals surface area contributed by atoms with Gasteiger partial charge in [-0.3, -0.25) is 0 Å². The van der Waals surface area contributed by atoms with Crippen LogP contribution in [0.3, 0.4) is 0 Å². The summed E-state index contributed by atoms with van der Waals surface area (Å²) in [6.07, 6.45) is 2.69. The summed E-state index contributed by atoms with van der Waals surface area (Å²) in [5, 5.41) is 9.49. The van der Waals surface area contributed by atoms with Crippen LogP contribution in [0.15, 0.2) is 17.0 Å². The molecule has 0 aliphatic heterocycles. The molecule has 0 aliphatic rings. The summed E-state index contributed by atoms with van der Waals surface area (Å²) in [4.78, 5) is -0.0549. The first kappa shape index (κ1) is 17.6. The summed E-state index contributed by atoms with van der Waals surface area (Å²) in [7, 11) is -2.36. The first-order valence-electron chi connectivity index (χ1n) is 5.92. The molecule has 2 N–H and O–H groups in total. The minimum atomic E-state index is -3.72. The van der Waals surface area contributed by atoms with Gasteiger partial charge in [0.2, 0.25) is 10.0 Å². The second-order valence-corrected chi connectivity index (χ2v) is 7.16. The number of sulfonamides is 1. The normalized spacial score (nSPS) is 11.6. The topological polar surface area (TPSA) is 75.6 Å². The molecular weight excluding hydrogens is 322 g/mol. The zero-order valence-corrected chi connectivity index (χ0v) is 13.7. The molecule has 0 saturated heterocycles. The van der Waals surface area contributed by atoms with Gasteiger partial charge in [0.15, 0.2) is 0 Å². The Morgan fingerprint density at radius 1 is 1.45 bits per heavy atom. The van der Waals surface area contributed by atoms with E-state index in [9.17, 15) is 13.5 Å². The third kappa shape index (κ3) is 4.53. The lowest BCUT2D eigenvalue weighted by Gasteiger charge is -2.14. The lowest BCUT2D eigenvalue weighted by atomic mass is 10.2. The average molecular weight is 340 g/mol. The molecule has 0 aliphatic carbocycles. The van der Waals surface area contributed by atoms with E-state index < -0.39 is 10.0 Å². The predicted octanol–water partition coefficient (Wildman–Crippen LogP) is 1.87. The first-order valence-corrected chi connectivity index (χ1v) is 9.17. The summed E-state index contributed by atoms with van der Waals surface area (Å²) in [6.45, 7) is -0.00791. The van der Waals surface area contributed by atoms with Gasteiger partial charge in [-0.15, -0.1) is 0 Å². The number of thioether (sulfide) groups is 1. The summed E-state index contributed by atoms with van der Waals surface area (Å²) in [6, 6.07) is 2.80. The largest absolute Gasteiger partial charge is 0.495 e. The monoisotopic (exact) mass is 339 g/mol. The maximum absolute atomic E-state index is 12.3. The highest BCUT2D eigenvalue weighted by Gasteiger charge is 2.22. The van der Waals surface area contributed by atoms with Crippen molar-refractivity contribution in [3.63, 3.8) is 0 Å². The highest BCUT2D eigenvalue weighted by molar-refractivity contribution is 7.98. The van der Waals surface area contributed by atoms with Crippen molar-refractivity contribution >= 4 is 33.4 Å². The van der Waals surface area contributed by atoms with Gasteiger partial charge in [-0.2, -0.15) is 11.8 Å². The van der Waals surface area contributed by atoms with E-state index in [-0.39, 0.29) is 22.3 Å². The number of methoxy groups -OCH3 is 1. The van der Waals surface area contributed by atoms with E-state index in [1.165, 1.54) is 19.2 Å². The summed E-state index contributed by atoms with van der Waals surface area (Å²) < 4.78 is 32.1. The van der Waals surface area contributed by atoms with Gasteiger partial charge < -0.3 is 9.84 Å². The van der Waals surface area contributed by atoms with Gasteiger partial charge in [-0.25, -0.2) is 13.1 Å². The lowest BCUT2D eigenvalue weighted by molar-refractivity contribution is 0.272. The number of ether oxygens (including phenoxy) is 1. The molecule has 8 heteroatoms. The number of aliphatic hydroxyl groups is 1. The number of rotatable bonds is 8. The highest BCUT2D eigenvalue weighted by Crippen LogP contribution is 2.31. The van der Waals surface area contributed by atoms with Crippen molar-refractivity contribution in [1.82, 2.24) is 4.72 Å². The third-order valence-corrected chi connectivity index (χ3v) is 4.96. The quantitative estimate of drug-likeness (QED) is 0.707. The molecule has 0 amide bonds. The van der Waals surface area contributed by atoms with Crippen LogP contribution in [0, 0.1) is 0 Å². The Morgan fingerprint density at radius 2 is 2.15 bits per heavy atom. The van der Waals surface area contributed by atoms with Gasteiger partial charge in [0.25, 0.3) is 0 Å². The van der Waals surface area contributed by atoms with Crippen LogP contribution in [-0.2, 0) is 16.6 Å². The SMILES string of the molecule is COc1c(CO)cc(Cl)cc1S(=O)(=O)NCCCSC. The van der Waals surface area contributed by atoms with Gasteiger partial charge in [0, 0.05) is 17.1 Å². The Bertz CT molecular complexity index is 549. The molecule has 0 heterocycles. The molecule has 0 aromatic heterocycles. The zero-order chi connectivity index (χ0) is 15.2. The molecule has 0 saturated carbocycles. The molecule has 0 radical (unpaired) electrons. The molecule has 0 spiro atoms. The van der Waals surface area contributed by atoms with Crippen LogP contribution in [0.5, 0.6) is 5.75 Å². The molecule has 114 valence electrons. The number of halogens is 1. The van der Waals surface area contributed by atoms with E-state index in [2.05, 4.69) is 4.72 Å². The molecule has 0 fully saturated rings. The van der Waals surface area contributed by atoms with Crippen molar-refractivity contribution in [1.29, 1.82) is 0 Å². The predicted molar refractivity (Wildman–Crippen MR) is 82.1 cm³/mol. The van der Waals surface area contributed by atoms with Crippen molar-refractivity contribution in [2.75, 3.05) is 25.7 Å². The van der Waals surface area contributed by atoms with Gasteiger partial charge in [-0.1, -0.05) is 11.6 Å². The molecule has 0 bridgehead atoms. The van der Waals surface area contributed by atoms with Crippen LogP contribution < -0.4 is 9.46 Å². The Hall–Kier alpha value is -0.470. The summed E-state index contributed by atoms with van der Waals surface area (Å²) in [5.41, 5.74) is 0.337. The van der Waals surface area contributed by atoms with E-state index >= 15 is 0 Å². The molecular formula is C12H18ClNO4S2.